The van der Waals surface area contributed by atoms with Crippen molar-refractivity contribution in [3.8, 4) is 0 Å². The lowest BCUT2D eigenvalue weighted by molar-refractivity contribution is 0.0955. The van der Waals surface area contributed by atoms with Crippen molar-refractivity contribution in [3.05, 3.63) is 83.3 Å². The second-order valence-electron chi connectivity index (χ2n) is 6.14. The summed E-state index contributed by atoms with van der Waals surface area (Å²) in [6.07, 6.45) is 1.40. The van der Waals surface area contributed by atoms with Crippen molar-refractivity contribution < 1.29 is 17.6 Å². The van der Waals surface area contributed by atoms with E-state index < -0.39 is 15.9 Å². The maximum atomic E-state index is 12.4. The minimum Gasteiger partial charge on any atom is -0.460 e. The van der Waals surface area contributed by atoms with Crippen LogP contribution < -0.4 is 10.1 Å². The topological polar surface area (TPSA) is 101 Å². The second-order valence-corrected chi connectivity index (χ2v) is 7.83. The summed E-state index contributed by atoms with van der Waals surface area (Å²) < 4.78 is 32.6. The van der Waals surface area contributed by atoms with E-state index in [1.165, 1.54) is 42.6 Å². The highest BCUT2D eigenvalue weighted by atomic mass is 32.2. The van der Waals surface area contributed by atoms with E-state index in [-0.39, 0.29) is 4.90 Å². The molecule has 0 saturated heterocycles. The van der Waals surface area contributed by atoms with Gasteiger partial charge in [0.1, 0.15) is 11.5 Å². The molecule has 0 aliphatic heterocycles. The Kier molecular flexibility index (Phi) is 5.60. The molecular formula is C20H19N3O4S. The highest BCUT2D eigenvalue weighted by Gasteiger charge is 2.14. The van der Waals surface area contributed by atoms with Gasteiger partial charge in [0.2, 0.25) is 0 Å². The number of hydrogen-bond acceptors (Lipinski definition) is 5. The average Bonchev–Trinajstić information content (AvgIpc) is 3.07. The Morgan fingerprint density at radius 2 is 1.64 bits per heavy atom. The van der Waals surface area contributed by atoms with Crippen molar-refractivity contribution in [2.24, 2.45) is 5.10 Å². The van der Waals surface area contributed by atoms with Gasteiger partial charge in [-0.2, -0.15) is 5.10 Å². The molecule has 2 aromatic carbocycles. The van der Waals surface area contributed by atoms with Gasteiger partial charge in [0.05, 0.1) is 11.1 Å². The van der Waals surface area contributed by atoms with Crippen molar-refractivity contribution in [2.45, 2.75) is 18.7 Å². The Balaban J connectivity index is 1.63. The first kappa shape index (κ1) is 19.4. The van der Waals surface area contributed by atoms with E-state index in [1.54, 1.807) is 24.3 Å². The zero-order valence-corrected chi connectivity index (χ0v) is 16.2. The molecule has 0 saturated carbocycles. The highest BCUT2D eigenvalue weighted by molar-refractivity contribution is 7.92. The number of amides is 1. The van der Waals surface area contributed by atoms with Gasteiger partial charge in [0.25, 0.3) is 15.9 Å². The first-order valence-corrected chi connectivity index (χ1v) is 9.91. The largest absolute Gasteiger partial charge is 0.460 e. The Labute approximate surface area is 163 Å². The maximum absolute atomic E-state index is 12.4. The van der Waals surface area contributed by atoms with Crippen LogP contribution in [0.15, 0.2) is 75.1 Å². The molecule has 144 valence electrons. The fraction of sp³-hybridized carbons (Fsp3) is 0.100. The van der Waals surface area contributed by atoms with Crippen LogP contribution in [0, 0.1) is 13.8 Å². The van der Waals surface area contributed by atoms with Gasteiger partial charge < -0.3 is 4.42 Å². The number of aryl methyl sites for hydroxylation is 2. The van der Waals surface area contributed by atoms with E-state index in [0.29, 0.717) is 17.0 Å². The van der Waals surface area contributed by atoms with Crippen molar-refractivity contribution >= 4 is 27.8 Å². The van der Waals surface area contributed by atoms with E-state index in [0.717, 1.165) is 11.3 Å². The second kappa shape index (κ2) is 8.10. The zero-order valence-electron chi connectivity index (χ0n) is 15.3. The van der Waals surface area contributed by atoms with Crippen molar-refractivity contribution in [2.75, 3.05) is 4.72 Å². The SMILES string of the molecule is Cc1ccc(S(=O)(=O)Nc2ccc(C(=O)NN=Cc3ccc(C)o3)cc2)cc1. The van der Waals surface area contributed by atoms with Gasteiger partial charge in [0, 0.05) is 11.3 Å². The summed E-state index contributed by atoms with van der Waals surface area (Å²) in [6.45, 7) is 3.69. The number of nitrogens with zero attached hydrogens (tertiary/aromatic N) is 1. The molecule has 28 heavy (non-hydrogen) atoms. The lowest BCUT2D eigenvalue weighted by atomic mass is 10.2. The third kappa shape index (κ3) is 4.86. The van der Waals surface area contributed by atoms with E-state index in [9.17, 15) is 13.2 Å². The predicted octanol–water partition coefficient (Wildman–Crippen LogP) is 3.46. The zero-order chi connectivity index (χ0) is 20.1. The molecule has 0 fully saturated rings. The summed E-state index contributed by atoms with van der Waals surface area (Å²) in [4.78, 5) is 12.3. The van der Waals surface area contributed by atoms with Crippen LogP contribution in [0.1, 0.15) is 27.4 Å². The summed E-state index contributed by atoms with van der Waals surface area (Å²) in [6, 6.07) is 16.1. The van der Waals surface area contributed by atoms with Crippen LogP contribution >= 0.6 is 0 Å². The first-order chi connectivity index (χ1) is 13.3. The van der Waals surface area contributed by atoms with Gasteiger partial charge >= 0.3 is 0 Å². The van der Waals surface area contributed by atoms with Crippen LogP contribution in [-0.4, -0.2) is 20.5 Å². The Hall–Kier alpha value is -3.39. The van der Waals surface area contributed by atoms with Crippen LogP contribution in [-0.2, 0) is 10.0 Å². The standard InChI is InChI=1S/C20H19N3O4S/c1-14-3-11-19(12-4-14)28(25,26)23-17-8-6-16(7-9-17)20(24)22-21-13-18-10-5-15(2)27-18/h3-13,23H,1-2H3,(H,22,24). The van der Waals surface area contributed by atoms with Gasteiger partial charge in [0.15, 0.2) is 0 Å². The number of anilines is 1. The number of hydrogen-bond donors (Lipinski definition) is 2. The molecule has 8 heteroatoms. The summed E-state index contributed by atoms with van der Waals surface area (Å²) >= 11 is 0. The molecular weight excluding hydrogens is 378 g/mol. The predicted molar refractivity (Wildman–Crippen MR) is 107 cm³/mol. The molecule has 3 rings (SSSR count). The molecule has 1 aromatic heterocycles. The normalized spacial score (nSPS) is 11.5. The molecule has 2 N–H and O–H groups in total. The third-order valence-corrected chi connectivity index (χ3v) is 5.25. The smallest absolute Gasteiger partial charge is 0.271 e. The molecule has 0 unspecified atom stereocenters. The molecule has 0 radical (unpaired) electrons. The van der Waals surface area contributed by atoms with Crippen LogP contribution in [0.3, 0.4) is 0 Å². The minimum absolute atomic E-state index is 0.169. The summed E-state index contributed by atoms with van der Waals surface area (Å²) in [5.41, 5.74) is 4.05. The van der Waals surface area contributed by atoms with Crippen molar-refractivity contribution in [1.29, 1.82) is 0 Å². The van der Waals surface area contributed by atoms with Crippen LogP contribution in [0.25, 0.3) is 0 Å². The highest BCUT2D eigenvalue weighted by Crippen LogP contribution is 2.17. The maximum Gasteiger partial charge on any atom is 0.271 e. The quantitative estimate of drug-likeness (QED) is 0.491. The molecule has 1 amide bonds. The minimum atomic E-state index is -3.69. The van der Waals surface area contributed by atoms with E-state index in [1.807, 2.05) is 13.8 Å². The molecule has 0 aliphatic carbocycles. The number of rotatable bonds is 6. The fourth-order valence-corrected chi connectivity index (χ4v) is 3.42. The summed E-state index contributed by atoms with van der Waals surface area (Å²) in [5, 5.41) is 3.83. The Morgan fingerprint density at radius 1 is 0.964 bits per heavy atom. The monoisotopic (exact) mass is 397 g/mol. The lowest BCUT2D eigenvalue weighted by Gasteiger charge is -2.09. The molecule has 0 spiro atoms. The number of sulfonamides is 1. The molecule has 1 heterocycles. The number of nitrogens with one attached hydrogen (secondary N) is 2. The number of hydrazone groups is 1. The van der Waals surface area contributed by atoms with Crippen molar-refractivity contribution in [1.82, 2.24) is 5.43 Å². The first-order valence-electron chi connectivity index (χ1n) is 8.43. The number of furan rings is 1. The average molecular weight is 397 g/mol. The van der Waals surface area contributed by atoms with Gasteiger partial charge in [-0.25, -0.2) is 13.8 Å². The Morgan fingerprint density at radius 3 is 2.25 bits per heavy atom. The lowest BCUT2D eigenvalue weighted by Crippen LogP contribution is -2.18. The molecule has 7 nitrogen and oxygen atoms in total. The molecule has 0 atom stereocenters. The summed E-state index contributed by atoms with van der Waals surface area (Å²) in [7, 11) is -3.69. The summed E-state index contributed by atoms with van der Waals surface area (Å²) in [5.74, 6) is 0.850. The van der Waals surface area contributed by atoms with E-state index >= 15 is 0 Å². The van der Waals surface area contributed by atoms with Gasteiger partial charge in [-0.05, 0) is 62.4 Å². The van der Waals surface area contributed by atoms with Crippen LogP contribution in [0.2, 0.25) is 0 Å². The molecule has 0 bridgehead atoms. The Bertz CT molecular complexity index is 1100. The van der Waals surface area contributed by atoms with Crippen LogP contribution in [0.5, 0.6) is 0 Å². The number of carbonyl (C=O) groups excluding carboxylic acids is 1. The van der Waals surface area contributed by atoms with Gasteiger partial charge in [-0.3, -0.25) is 9.52 Å². The molecule has 3 aromatic rings. The van der Waals surface area contributed by atoms with E-state index in [4.69, 9.17) is 4.42 Å². The van der Waals surface area contributed by atoms with Crippen molar-refractivity contribution in [3.63, 3.8) is 0 Å². The number of benzene rings is 2. The van der Waals surface area contributed by atoms with E-state index in [2.05, 4.69) is 15.2 Å². The molecule has 0 aliphatic rings. The van der Waals surface area contributed by atoms with Crippen LogP contribution in [0.4, 0.5) is 5.69 Å². The number of carbonyl (C=O) groups is 1. The fourth-order valence-electron chi connectivity index (χ4n) is 2.36. The third-order valence-electron chi connectivity index (χ3n) is 3.85. The van der Waals surface area contributed by atoms with Gasteiger partial charge in [-0.1, -0.05) is 17.7 Å². The van der Waals surface area contributed by atoms with Gasteiger partial charge in [-0.15, -0.1) is 0 Å².